The van der Waals surface area contributed by atoms with E-state index >= 15 is 0 Å². The van der Waals surface area contributed by atoms with E-state index in [2.05, 4.69) is 59.1 Å². The predicted molar refractivity (Wildman–Crippen MR) is 161 cm³/mol. The van der Waals surface area contributed by atoms with Crippen LogP contribution in [0.25, 0.3) is 44.8 Å². The van der Waals surface area contributed by atoms with Crippen LogP contribution in [0.4, 0.5) is 0 Å². The Hall–Kier alpha value is -3.96. The molecule has 5 heterocycles. The van der Waals surface area contributed by atoms with Crippen LogP contribution in [0.2, 0.25) is 0 Å². The zero-order valence-corrected chi connectivity index (χ0v) is 26.6. The summed E-state index contributed by atoms with van der Waals surface area (Å²) in [6, 6.07) is 20.3. The minimum atomic E-state index is 0. The summed E-state index contributed by atoms with van der Waals surface area (Å²) in [5, 5.41) is 15.8. The van der Waals surface area contributed by atoms with Crippen molar-refractivity contribution in [2.24, 2.45) is 7.05 Å². The summed E-state index contributed by atoms with van der Waals surface area (Å²) in [7, 11) is 2.04. The van der Waals surface area contributed by atoms with Gasteiger partial charge in [0, 0.05) is 47.9 Å². The van der Waals surface area contributed by atoms with Crippen LogP contribution in [-0.4, -0.2) is 20.1 Å². The van der Waals surface area contributed by atoms with Gasteiger partial charge in [-0.15, -0.1) is 0 Å². The molecule has 1 aromatic carbocycles. The van der Waals surface area contributed by atoms with Crippen LogP contribution in [0.3, 0.4) is 0 Å². The summed E-state index contributed by atoms with van der Waals surface area (Å²) in [5.74, 6) is 0. The summed E-state index contributed by atoms with van der Waals surface area (Å²) in [6.45, 7) is 6.59. The zero-order chi connectivity index (χ0) is 28.4. The Morgan fingerprint density at radius 3 is 2.31 bits per heavy atom. The molecule has 0 unspecified atom stereocenters. The first-order valence-corrected chi connectivity index (χ1v) is 14.1. The van der Waals surface area contributed by atoms with Crippen molar-refractivity contribution >= 4 is 10.8 Å². The Balaban J connectivity index is 0.000000275. The summed E-state index contributed by atoms with van der Waals surface area (Å²) in [6.07, 6.45) is 11.9. The summed E-state index contributed by atoms with van der Waals surface area (Å²) < 4.78 is 2.03. The van der Waals surface area contributed by atoms with E-state index in [-0.39, 0.29) is 26.5 Å². The number of fused-ring (bicyclic) bond motifs is 2. The Morgan fingerprint density at radius 2 is 1.57 bits per heavy atom. The van der Waals surface area contributed by atoms with E-state index in [0.29, 0.717) is 0 Å². The van der Waals surface area contributed by atoms with Gasteiger partial charge in [-0.2, -0.15) is 0 Å². The van der Waals surface area contributed by atoms with Gasteiger partial charge in [0.15, 0.2) is 5.69 Å². The molecule has 7 rings (SSSR count). The van der Waals surface area contributed by atoms with Crippen LogP contribution in [0.5, 0.6) is 0 Å². The molecule has 1 aliphatic carbocycles. The van der Waals surface area contributed by atoms with Crippen LogP contribution in [0.15, 0.2) is 85.5 Å². The normalized spacial score (nSPS) is 12.7. The van der Waals surface area contributed by atoms with E-state index in [0.717, 1.165) is 57.6 Å². The van der Waals surface area contributed by atoms with Crippen LogP contribution in [-0.2, 0) is 46.4 Å². The monoisotopic (exact) mass is 735 g/mol. The fourth-order valence-corrected chi connectivity index (χ4v) is 5.40. The molecule has 0 atom stereocenters. The molecule has 0 saturated heterocycles. The Morgan fingerprint density at radius 1 is 0.833 bits per heavy atom. The average molecular weight is 736 g/mol. The molecule has 0 aliphatic heterocycles. The largest absolute Gasteiger partial charge is 2.00 e. The van der Waals surface area contributed by atoms with Gasteiger partial charge in [0.05, 0.1) is 11.4 Å². The van der Waals surface area contributed by atoms with Crippen LogP contribution in [0, 0.1) is 0 Å². The summed E-state index contributed by atoms with van der Waals surface area (Å²) >= 11 is 0. The minimum absolute atomic E-state index is 0. The second-order valence-corrected chi connectivity index (χ2v) is 11.5. The molecule has 7 nitrogen and oxygen atoms in total. The first kappa shape index (κ1) is 29.5. The third-order valence-electron chi connectivity index (χ3n) is 7.64. The third kappa shape index (κ3) is 6.12. The fourth-order valence-electron chi connectivity index (χ4n) is 5.40. The number of aryl methyl sites for hydroxylation is 1. The van der Waals surface area contributed by atoms with Crippen LogP contribution in [0.1, 0.15) is 50.4 Å². The number of nitrogens with zero attached hydrogens (tertiary/aromatic N) is 7. The molecular weight excluding hydrogens is 702 g/mol. The van der Waals surface area contributed by atoms with E-state index in [1.54, 1.807) is 0 Å². The topological polar surface area (TPSA) is 83.6 Å². The van der Waals surface area contributed by atoms with Gasteiger partial charge < -0.3 is 15.3 Å². The smallest absolute Gasteiger partial charge is 0.573 e. The van der Waals surface area contributed by atoms with Gasteiger partial charge >= 0.3 is 21.1 Å². The second kappa shape index (κ2) is 12.5. The minimum Gasteiger partial charge on any atom is -0.573 e. The molecule has 5 aromatic heterocycles. The molecular formula is C34H34N7Pt+. The van der Waals surface area contributed by atoms with Crippen molar-refractivity contribution in [2.45, 2.75) is 51.9 Å². The second-order valence-electron chi connectivity index (χ2n) is 11.5. The molecule has 0 fully saturated rings. The Labute approximate surface area is 261 Å². The van der Waals surface area contributed by atoms with Crippen LogP contribution >= 0.6 is 0 Å². The van der Waals surface area contributed by atoms with Gasteiger partial charge in [-0.25, -0.2) is 0 Å². The molecule has 1 aliphatic rings. The first-order valence-electron chi connectivity index (χ1n) is 14.1. The number of pyridine rings is 3. The van der Waals surface area contributed by atoms with Crippen molar-refractivity contribution in [2.75, 3.05) is 0 Å². The van der Waals surface area contributed by atoms with Gasteiger partial charge in [-0.3, -0.25) is 19.6 Å². The van der Waals surface area contributed by atoms with Gasteiger partial charge in [0.25, 0.3) is 0 Å². The number of rotatable bonds is 3. The molecule has 0 N–H and O–H groups in total. The van der Waals surface area contributed by atoms with Gasteiger partial charge in [-0.1, -0.05) is 62.5 Å². The number of benzene rings is 1. The molecule has 8 heteroatoms. The molecule has 0 amide bonds. The zero-order valence-electron chi connectivity index (χ0n) is 24.4. The Bertz CT molecular complexity index is 1780. The maximum Gasteiger partial charge on any atom is 2.00 e. The average Bonchev–Trinajstić information content (AvgIpc) is 3.63. The Kier molecular flexibility index (Phi) is 8.79. The molecule has 42 heavy (non-hydrogen) atoms. The van der Waals surface area contributed by atoms with Crippen molar-refractivity contribution in [3.05, 3.63) is 102 Å². The summed E-state index contributed by atoms with van der Waals surface area (Å²) in [4.78, 5) is 13.3. The maximum atomic E-state index is 5.05. The number of hydrogen-bond acceptors (Lipinski definition) is 4. The van der Waals surface area contributed by atoms with E-state index < -0.39 is 0 Å². The van der Waals surface area contributed by atoms with Crippen molar-refractivity contribution in [3.63, 3.8) is 0 Å². The van der Waals surface area contributed by atoms with Gasteiger partial charge in [0.2, 0.25) is 0 Å². The molecule has 0 bridgehead atoms. The third-order valence-corrected chi connectivity index (χ3v) is 7.64. The SMILES string of the molecule is CC(C)(C)c1ccncc1.C[n+]1[n-]c(-c2cc3ccncc3c(-c3cc(-c4ccccc4)n[n-]3)n2)c2c1CCCC2.[Pt+2]. The van der Waals surface area contributed by atoms with Gasteiger partial charge in [0.1, 0.15) is 7.05 Å². The molecule has 0 radical (unpaired) electrons. The predicted octanol–water partition coefficient (Wildman–Crippen LogP) is 6.02. The molecule has 0 saturated carbocycles. The quantitative estimate of drug-likeness (QED) is 0.207. The van der Waals surface area contributed by atoms with Gasteiger partial charge in [-0.05, 0) is 71.5 Å². The van der Waals surface area contributed by atoms with E-state index in [9.17, 15) is 0 Å². The number of hydrogen-bond donors (Lipinski definition) is 0. The number of aromatic nitrogens is 7. The van der Waals surface area contributed by atoms with Crippen molar-refractivity contribution < 1.29 is 25.7 Å². The standard InChI is InChI=1S/C25H21N6.C9H13N.Pt/c1-31-23-10-6-5-9-18(23)25(30-31)21-13-17-11-12-26-15-19(17)24(27-21)22-14-20(28-29-22)16-7-3-2-4-8-16;1-9(2,3)8-4-6-10-7-5-8;/h2-4,7-8,11-15H,5-6,9-10H2,1H3;4-7H,1-3H3;/q-1;;+2. The van der Waals surface area contributed by atoms with Crippen molar-refractivity contribution in [3.8, 4) is 34.0 Å². The van der Waals surface area contributed by atoms with Crippen molar-refractivity contribution in [1.29, 1.82) is 0 Å². The molecule has 0 spiro atoms. The molecule has 6 aromatic rings. The maximum absolute atomic E-state index is 5.05. The first-order chi connectivity index (χ1) is 19.9. The fraction of sp³-hybridized carbons (Fsp3) is 0.265. The molecule has 214 valence electrons. The van der Waals surface area contributed by atoms with Crippen LogP contribution < -0.4 is 14.9 Å². The van der Waals surface area contributed by atoms with E-state index in [1.807, 2.05) is 79.0 Å². The van der Waals surface area contributed by atoms with E-state index in [4.69, 9.17) is 10.1 Å². The van der Waals surface area contributed by atoms with E-state index in [1.165, 1.54) is 29.7 Å². The van der Waals surface area contributed by atoms with Crippen molar-refractivity contribution in [1.82, 2.24) is 30.2 Å². The summed E-state index contributed by atoms with van der Waals surface area (Å²) in [5.41, 5.74) is 9.56.